The second-order valence-electron chi connectivity index (χ2n) is 6.78. The van der Waals surface area contributed by atoms with Gasteiger partial charge in [-0.25, -0.2) is 0 Å². The van der Waals surface area contributed by atoms with Crippen LogP contribution in [0.5, 0.6) is 5.75 Å². The minimum absolute atomic E-state index is 0.0989. The quantitative estimate of drug-likeness (QED) is 0.906. The molecule has 1 N–H and O–H groups in total. The third kappa shape index (κ3) is 4.44. The van der Waals surface area contributed by atoms with Crippen molar-refractivity contribution in [2.75, 3.05) is 26.7 Å². The van der Waals surface area contributed by atoms with E-state index < -0.39 is 0 Å². The van der Waals surface area contributed by atoms with Crippen LogP contribution in [0.1, 0.15) is 49.0 Å². The van der Waals surface area contributed by atoms with E-state index in [1.165, 1.54) is 32.2 Å². The van der Waals surface area contributed by atoms with Crippen molar-refractivity contribution in [1.29, 1.82) is 0 Å². The van der Waals surface area contributed by atoms with Gasteiger partial charge in [0.05, 0.1) is 7.11 Å². The summed E-state index contributed by atoms with van der Waals surface area (Å²) in [6.07, 6.45) is 9.29. The SMILES string of the molecule is COc1ccnc(C(=O)NC2CCN(CC3CCCC3)CC2)c1. The number of piperidine rings is 1. The second-order valence-corrected chi connectivity index (χ2v) is 6.78. The van der Waals surface area contributed by atoms with Crippen LogP contribution in [0.3, 0.4) is 0 Å². The lowest BCUT2D eigenvalue weighted by atomic mass is 10.0. The Morgan fingerprint density at radius 1 is 1.30 bits per heavy atom. The Morgan fingerprint density at radius 3 is 2.74 bits per heavy atom. The van der Waals surface area contributed by atoms with E-state index in [9.17, 15) is 4.79 Å². The second kappa shape index (κ2) is 7.77. The summed E-state index contributed by atoms with van der Waals surface area (Å²) in [5.74, 6) is 1.47. The highest BCUT2D eigenvalue weighted by Gasteiger charge is 2.24. The third-order valence-electron chi connectivity index (χ3n) is 5.11. The maximum atomic E-state index is 12.3. The van der Waals surface area contributed by atoms with Gasteiger partial charge in [-0.1, -0.05) is 12.8 Å². The summed E-state index contributed by atoms with van der Waals surface area (Å²) < 4.78 is 5.15. The van der Waals surface area contributed by atoms with E-state index in [0.717, 1.165) is 31.8 Å². The predicted octanol–water partition coefficient (Wildman–Crippen LogP) is 2.47. The van der Waals surface area contributed by atoms with Crippen LogP contribution in [0, 0.1) is 5.92 Å². The number of hydrogen-bond donors (Lipinski definition) is 1. The summed E-state index contributed by atoms with van der Waals surface area (Å²) in [7, 11) is 1.59. The van der Waals surface area contributed by atoms with Crippen molar-refractivity contribution in [3.05, 3.63) is 24.0 Å². The van der Waals surface area contributed by atoms with Crippen LogP contribution in [0.15, 0.2) is 18.3 Å². The van der Waals surface area contributed by atoms with Crippen LogP contribution in [0.4, 0.5) is 0 Å². The summed E-state index contributed by atoms with van der Waals surface area (Å²) in [4.78, 5) is 19.0. The molecule has 23 heavy (non-hydrogen) atoms. The fourth-order valence-electron chi connectivity index (χ4n) is 3.74. The Bertz CT molecular complexity index is 521. The summed E-state index contributed by atoms with van der Waals surface area (Å²) >= 11 is 0. The van der Waals surface area contributed by atoms with E-state index in [2.05, 4.69) is 15.2 Å². The molecule has 1 aliphatic heterocycles. The number of carbonyl (C=O) groups is 1. The topological polar surface area (TPSA) is 54.5 Å². The molecule has 1 aromatic heterocycles. The zero-order valence-corrected chi connectivity index (χ0v) is 14.0. The highest BCUT2D eigenvalue weighted by Crippen LogP contribution is 2.26. The molecule has 0 bridgehead atoms. The first-order valence-corrected chi connectivity index (χ1v) is 8.78. The first-order valence-electron chi connectivity index (χ1n) is 8.78. The summed E-state index contributed by atoms with van der Waals surface area (Å²) in [5, 5.41) is 3.12. The van der Waals surface area contributed by atoms with E-state index in [1.54, 1.807) is 25.4 Å². The molecular formula is C18H27N3O2. The fourth-order valence-corrected chi connectivity index (χ4v) is 3.74. The highest BCUT2D eigenvalue weighted by atomic mass is 16.5. The number of carbonyl (C=O) groups excluding carboxylic acids is 1. The zero-order valence-electron chi connectivity index (χ0n) is 14.0. The molecule has 0 unspecified atom stereocenters. The van der Waals surface area contributed by atoms with Gasteiger partial charge in [0, 0.05) is 37.9 Å². The molecule has 1 saturated heterocycles. The third-order valence-corrected chi connectivity index (χ3v) is 5.11. The van der Waals surface area contributed by atoms with Crippen molar-refractivity contribution in [2.24, 2.45) is 5.92 Å². The Labute approximate surface area is 138 Å². The lowest BCUT2D eigenvalue weighted by Gasteiger charge is -2.33. The van der Waals surface area contributed by atoms with E-state index in [1.807, 2.05) is 0 Å². The van der Waals surface area contributed by atoms with Gasteiger partial charge in [0.2, 0.25) is 0 Å². The normalized spacial score (nSPS) is 20.6. The van der Waals surface area contributed by atoms with Gasteiger partial charge in [0.1, 0.15) is 11.4 Å². The summed E-state index contributed by atoms with van der Waals surface area (Å²) in [5.41, 5.74) is 0.428. The number of likely N-dealkylation sites (tertiary alicyclic amines) is 1. The largest absolute Gasteiger partial charge is 0.497 e. The number of nitrogens with one attached hydrogen (secondary N) is 1. The molecule has 0 atom stereocenters. The van der Waals surface area contributed by atoms with E-state index >= 15 is 0 Å². The molecular weight excluding hydrogens is 290 g/mol. The zero-order chi connectivity index (χ0) is 16.1. The van der Waals surface area contributed by atoms with Crippen molar-refractivity contribution in [2.45, 2.75) is 44.6 Å². The van der Waals surface area contributed by atoms with Crippen LogP contribution >= 0.6 is 0 Å². The van der Waals surface area contributed by atoms with Crippen molar-refractivity contribution in [3.8, 4) is 5.75 Å². The molecule has 2 heterocycles. The molecule has 5 heteroatoms. The van der Waals surface area contributed by atoms with Crippen LogP contribution in [-0.2, 0) is 0 Å². The maximum absolute atomic E-state index is 12.3. The molecule has 3 rings (SSSR count). The molecule has 0 spiro atoms. The smallest absolute Gasteiger partial charge is 0.270 e. The van der Waals surface area contributed by atoms with Gasteiger partial charge in [0.25, 0.3) is 5.91 Å². The van der Waals surface area contributed by atoms with Gasteiger partial charge in [-0.05, 0) is 37.7 Å². The van der Waals surface area contributed by atoms with Crippen molar-refractivity contribution in [1.82, 2.24) is 15.2 Å². The minimum Gasteiger partial charge on any atom is -0.497 e. The van der Waals surface area contributed by atoms with Gasteiger partial charge in [-0.3, -0.25) is 9.78 Å². The molecule has 5 nitrogen and oxygen atoms in total. The molecule has 2 fully saturated rings. The molecule has 1 aromatic rings. The minimum atomic E-state index is -0.0989. The van der Waals surface area contributed by atoms with Gasteiger partial charge >= 0.3 is 0 Å². The van der Waals surface area contributed by atoms with Crippen LogP contribution in [-0.4, -0.2) is 48.6 Å². The number of aromatic nitrogens is 1. The monoisotopic (exact) mass is 317 g/mol. The lowest BCUT2D eigenvalue weighted by Crippen LogP contribution is -2.45. The summed E-state index contributed by atoms with van der Waals surface area (Å²) in [6, 6.07) is 3.69. The fraction of sp³-hybridized carbons (Fsp3) is 0.667. The van der Waals surface area contributed by atoms with E-state index in [-0.39, 0.29) is 11.9 Å². The average Bonchev–Trinajstić information content (AvgIpc) is 3.09. The van der Waals surface area contributed by atoms with Crippen molar-refractivity contribution < 1.29 is 9.53 Å². The Balaban J connectivity index is 1.45. The first kappa shape index (κ1) is 16.2. The first-order chi connectivity index (χ1) is 11.2. The standard InChI is InChI=1S/C18H27N3O2/c1-23-16-6-9-19-17(12-16)18(22)20-15-7-10-21(11-8-15)13-14-4-2-3-5-14/h6,9,12,14-15H,2-5,7-8,10-11,13H2,1H3,(H,20,22). The Morgan fingerprint density at radius 2 is 2.04 bits per heavy atom. The number of nitrogens with zero attached hydrogens (tertiary/aromatic N) is 2. The molecule has 0 aromatic carbocycles. The molecule has 126 valence electrons. The molecule has 1 aliphatic carbocycles. The van der Waals surface area contributed by atoms with Gasteiger partial charge in [0.15, 0.2) is 0 Å². The summed E-state index contributed by atoms with van der Waals surface area (Å²) in [6.45, 7) is 3.43. The number of amides is 1. The number of hydrogen-bond acceptors (Lipinski definition) is 4. The van der Waals surface area contributed by atoms with Crippen LogP contribution in [0.25, 0.3) is 0 Å². The number of pyridine rings is 1. The van der Waals surface area contributed by atoms with E-state index in [4.69, 9.17) is 4.74 Å². The molecule has 2 aliphatic rings. The van der Waals surface area contributed by atoms with E-state index in [0.29, 0.717) is 11.4 Å². The number of methoxy groups -OCH3 is 1. The van der Waals surface area contributed by atoms with Gasteiger partial charge in [-0.15, -0.1) is 0 Å². The molecule has 0 radical (unpaired) electrons. The lowest BCUT2D eigenvalue weighted by molar-refractivity contribution is 0.0900. The maximum Gasteiger partial charge on any atom is 0.270 e. The number of rotatable bonds is 5. The van der Waals surface area contributed by atoms with Crippen LogP contribution < -0.4 is 10.1 Å². The molecule has 1 saturated carbocycles. The number of ether oxygens (including phenoxy) is 1. The van der Waals surface area contributed by atoms with Crippen molar-refractivity contribution in [3.63, 3.8) is 0 Å². The average molecular weight is 317 g/mol. The molecule has 1 amide bonds. The predicted molar refractivity (Wildman–Crippen MR) is 89.7 cm³/mol. The Kier molecular flexibility index (Phi) is 5.49. The van der Waals surface area contributed by atoms with Gasteiger partial charge < -0.3 is 15.0 Å². The Hall–Kier alpha value is -1.62. The highest BCUT2D eigenvalue weighted by molar-refractivity contribution is 5.92. The van der Waals surface area contributed by atoms with Gasteiger partial charge in [-0.2, -0.15) is 0 Å². The van der Waals surface area contributed by atoms with Crippen molar-refractivity contribution >= 4 is 5.91 Å². The van der Waals surface area contributed by atoms with Crippen LogP contribution in [0.2, 0.25) is 0 Å².